The van der Waals surface area contributed by atoms with Crippen LogP contribution >= 0.6 is 28.6 Å². The van der Waals surface area contributed by atoms with Crippen LogP contribution in [0.5, 0.6) is 0 Å². The van der Waals surface area contributed by atoms with E-state index in [2.05, 4.69) is 33.3 Å². The van der Waals surface area contributed by atoms with Crippen molar-refractivity contribution >= 4 is 44.3 Å². The lowest BCUT2D eigenvalue weighted by atomic mass is 10.1. The molecule has 3 nitrogen and oxygen atoms in total. The van der Waals surface area contributed by atoms with Gasteiger partial charge in [0, 0.05) is 9.37 Å². The second kappa shape index (κ2) is 7.19. The number of hydrogen-bond acceptors (Lipinski definition) is 3. The van der Waals surface area contributed by atoms with Crippen LogP contribution in [0.25, 0.3) is 11.1 Å². The summed E-state index contributed by atoms with van der Waals surface area (Å²) >= 11 is 7.58. The molecular weight excluding hydrogens is 425 g/mol. The van der Waals surface area contributed by atoms with Crippen molar-refractivity contribution in [2.45, 2.75) is 9.79 Å². The van der Waals surface area contributed by atoms with Gasteiger partial charge in [0.1, 0.15) is 0 Å². The maximum absolute atomic E-state index is 14.7. The zero-order valence-corrected chi connectivity index (χ0v) is 16.1. The lowest BCUT2D eigenvalue weighted by Gasteiger charge is -2.13. The Morgan fingerprint density at radius 2 is 1.56 bits per heavy atom. The fourth-order valence-corrected chi connectivity index (χ4v) is 3.98. The molecule has 0 fully saturated rings. The molecule has 0 saturated carbocycles. The third-order valence-electron chi connectivity index (χ3n) is 3.57. The first-order valence-electron chi connectivity index (χ1n) is 7.24. The number of thiol groups is 1. The van der Waals surface area contributed by atoms with Gasteiger partial charge in [0.05, 0.1) is 10.6 Å². The second-order valence-electron chi connectivity index (χ2n) is 5.25. The average molecular weight is 438 g/mol. The fourth-order valence-electron chi connectivity index (χ4n) is 2.31. The van der Waals surface area contributed by atoms with Crippen molar-refractivity contribution in [3.05, 3.63) is 77.0 Å². The van der Waals surface area contributed by atoms with E-state index in [1.165, 1.54) is 18.2 Å². The average Bonchev–Trinajstić information content (AvgIpc) is 2.61. The minimum atomic E-state index is -3.87. The Morgan fingerprint density at radius 1 is 0.920 bits per heavy atom. The number of rotatable bonds is 4. The van der Waals surface area contributed by atoms with Gasteiger partial charge in [-0.1, -0.05) is 52.3 Å². The predicted molar refractivity (Wildman–Crippen MR) is 104 cm³/mol. The largest absolute Gasteiger partial charge is 0.277 e. The van der Waals surface area contributed by atoms with Crippen LogP contribution in [0.2, 0.25) is 0 Å². The molecular formula is C18H13BrFNO2S2. The Morgan fingerprint density at radius 3 is 2.20 bits per heavy atom. The Labute approximate surface area is 159 Å². The molecule has 3 aromatic carbocycles. The van der Waals surface area contributed by atoms with Crippen molar-refractivity contribution in [3.8, 4) is 11.1 Å². The summed E-state index contributed by atoms with van der Waals surface area (Å²) in [6.45, 7) is 0. The van der Waals surface area contributed by atoms with Crippen LogP contribution in [0.15, 0.2) is 81.0 Å². The number of benzene rings is 3. The van der Waals surface area contributed by atoms with Crippen molar-refractivity contribution in [2.75, 3.05) is 4.72 Å². The van der Waals surface area contributed by atoms with Gasteiger partial charge in [-0.05, 0) is 41.5 Å². The Hall–Kier alpha value is -1.83. The molecule has 0 bridgehead atoms. The Kier molecular flexibility index (Phi) is 5.17. The van der Waals surface area contributed by atoms with Gasteiger partial charge in [-0.25, -0.2) is 12.8 Å². The fraction of sp³-hybridized carbons (Fsp3) is 0. The standard InChI is InChI=1S/C18H13BrFNO2S2/c19-13-8-6-12(7-9-13)15-10-11-16(17(20)18(15)24)21-25(22,23)14-4-2-1-3-5-14/h1-11,21,24H. The van der Waals surface area contributed by atoms with Crippen molar-refractivity contribution in [1.82, 2.24) is 0 Å². The summed E-state index contributed by atoms with van der Waals surface area (Å²) in [5.74, 6) is -0.719. The zero-order chi connectivity index (χ0) is 18.0. The molecule has 0 unspecified atom stereocenters. The Bertz CT molecular complexity index is 1010. The van der Waals surface area contributed by atoms with Gasteiger partial charge >= 0.3 is 0 Å². The Balaban J connectivity index is 1.97. The minimum Gasteiger partial charge on any atom is -0.277 e. The maximum atomic E-state index is 14.7. The highest BCUT2D eigenvalue weighted by Gasteiger charge is 2.18. The normalized spacial score (nSPS) is 11.3. The third kappa shape index (κ3) is 3.89. The molecule has 0 spiro atoms. The van der Waals surface area contributed by atoms with Crippen LogP contribution in [0, 0.1) is 5.82 Å². The van der Waals surface area contributed by atoms with E-state index < -0.39 is 15.8 Å². The van der Waals surface area contributed by atoms with Crippen LogP contribution in [-0.2, 0) is 10.0 Å². The van der Waals surface area contributed by atoms with Crippen LogP contribution in [0.3, 0.4) is 0 Å². The lowest BCUT2D eigenvalue weighted by molar-refractivity contribution is 0.594. The highest BCUT2D eigenvalue weighted by molar-refractivity contribution is 9.10. The van der Waals surface area contributed by atoms with E-state index in [4.69, 9.17) is 0 Å². The molecule has 0 atom stereocenters. The van der Waals surface area contributed by atoms with E-state index in [9.17, 15) is 12.8 Å². The molecule has 3 aromatic rings. The van der Waals surface area contributed by atoms with Gasteiger partial charge in [0.25, 0.3) is 10.0 Å². The highest BCUT2D eigenvalue weighted by Crippen LogP contribution is 2.33. The molecule has 0 radical (unpaired) electrons. The minimum absolute atomic E-state index is 0.0621. The smallest absolute Gasteiger partial charge is 0.261 e. The number of nitrogens with one attached hydrogen (secondary N) is 1. The molecule has 0 aliphatic rings. The summed E-state index contributed by atoms with van der Waals surface area (Å²) in [5.41, 5.74) is 1.22. The first-order chi connectivity index (χ1) is 11.9. The molecule has 0 saturated heterocycles. The summed E-state index contributed by atoms with van der Waals surface area (Å²) in [6, 6.07) is 18.2. The summed E-state index contributed by atoms with van der Waals surface area (Å²) in [7, 11) is -3.87. The number of hydrogen-bond donors (Lipinski definition) is 2. The second-order valence-corrected chi connectivity index (χ2v) is 8.29. The number of anilines is 1. The number of sulfonamides is 1. The summed E-state index contributed by atoms with van der Waals surface area (Å²) < 4.78 is 42.5. The predicted octanol–water partition coefficient (Wildman–Crippen LogP) is 5.34. The molecule has 0 aliphatic heterocycles. The van der Waals surface area contributed by atoms with E-state index in [0.29, 0.717) is 5.56 Å². The van der Waals surface area contributed by atoms with Gasteiger partial charge in [-0.2, -0.15) is 0 Å². The zero-order valence-electron chi connectivity index (χ0n) is 12.8. The summed E-state index contributed by atoms with van der Waals surface area (Å²) in [4.78, 5) is 0.141. The quantitative estimate of drug-likeness (QED) is 0.540. The van der Waals surface area contributed by atoms with Crippen LogP contribution in [0.1, 0.15) is 0 Å². The summed E-state index contributed by atoms with van der Waals surface area (Å²) in [5, 5.41) is 0. The molecule has 3 rings (SSSR count). The molecule has 0 aromatic heterocycles. The van der Waals surface area contributed by atoms with Gasteiger partial charge in [0.15, 0.2) is 5.82 Å². The van der Waals surface area contributed by atoms with E-state index in [0.717, 1.165) is 10.0 Å². The molecule has 0 aliphatic carbocycles. The maximum Gasteiger partial charge on any atom is 0.261 e. The molecule has 0 heterocycles. The van der Waals surface area contributed by atoms with Gasteiger partial charge in [-0.15, -0.1) is 12.6 Å². The van der Waals surface area contributed by atoms with Crippen molar-refractivity contribution < 1.29 is 12.8 Å². The SMILES string of the molecule is O=S(=O)(Nc1ccc(-c2ccc(Br)cc2)c(S)c1F)c1ccccc1. The topological polar surface area (TPSA) is 46.2 Å². The van der Waals surface area contributed by atoms with E-state index in [1.807, 2.05) is 24.3 Å². The van der Waals surface area contributed by atoms with E-state index >= 15 is 0 Å². The number of halogens is 2. The summed E-state index contributed by atoms with van der Waals surface area (Å²) in [6.07, 6.45) is 0. The highest BCUT2D eigenvalue weighted by atomic mass is 79.9. The molecule has 128 valence electrons. The molecule has 0 amide bonds. The van der Waals surface area contributed by atoms with Gasteiger partial charge in [-0.3, -0.25) is 4.72 Å². The van der Waals surface area contributed by atoms with Crippen LogP contribution in [0.4, 0.5) is 10.1 Å². The lowest BCUT2D eigenvalue weighted by Crippen LogP contribution is -2.14. The van der Waals surface area contributed by atoms with Crippen molar-refractivity contribution in [1.29, 1.82) is 0 Å². The first kappa shape index (κ1) is 18.0. The van der Waals surface area contributed by atoms with E-state index in [-0.39, 0.29) is 15.5 Å². The van der Waals surface area contributed by atoms with E-state index in [1.54, 1.807) is 24.3 Å². The van der Waals surface area contributed by atoms with Crippen LogP contribution < -0.4 is 4.72 Å². The van der Waals surface area contributed by atoms with Gasteiger partial charge < -0.3 is 0 Å². The van der Waals surface area contributed by atoms with Crippen molar-refractivity contribution in [3.63, 3.8) is 0 Å². The van der Waals surface area contributed by atoms with Crippen molar-refractivity contribution in [2.24, 2.45) is 0 Å². The third-order valence-corrected chi connectivity index (χ3v) is 5.92. The molecule has 25 heavy (non-hydrogen) atoms. The molecule has 1 N–H and O–H groups in total. The van der Waals surface area contributed by atoms with Gasteiger partial charge in [0.2, 0.25) is 0 Å². The first-order valence-corrected chi connectivity index (χ1v) is 9.96. The monoisotopic (exact) mass is 437 g/mol. The van der Waals surface area contributed by atoms with Crippen LogP contribution in [-0.4, -0.2) is 8.42 Å². The molecule has 7 heteroatoms.